The van der Waals surface area contributed by atoms with Gasteiger partial charge in [-0.15, -0.1) is 0 Å². The van der Waals surface area contributed by atoms with Crippen molar-refractivity contribution in [3.8, 4) is 23.0 Å². The van der Waals surface area contributed by atoms with Gasteiger partial charge in [0, 0.05) is 18.3 Å². The molecule has 0 aliphatic carbocycles. The van der Waals surface area contributed by atoms with Crippen LogP contribution in [0.3, 0.4) is 0 Å². The van der Waals surface area contributed by atoms with Crippen molar-refractivity contribution in [3.63, 3.8) is 0 Å². The lowest BCUT2D eigenvalue weighted by Gasteiger charge is -2.25. The summed E-state index contributed by atoms with van der Waals surface area (Å²) in [4.78, 5) is 0. The molecular formula is C21H32N6O6-2. The molecule has 2 aromatic heterocycles. The third kappa shape index (κ3) is 4.93. The lowest BCUT2D eigenvalue weighted by atomic mass is 9.92. The molecule has 8 N–H and O–H groups in total. The van der Waals surface area contributed by atoms with E-state index < -0.39 is 11.3 Å². The fourth-order valence-electron chi connectivity index (χ4n) is 4.14. The monoisotopic (exact) mass is 464 g/mol. The highest BCUT2D eigenvalue weighted by Crippen LogP contribution is 2.44. The number of hydrogen-bond donors (Lipinski definition) is 4. The maximum absolute atomic E-state index is 12.8. The molecule has 12 heteroatoms. The number of nitrogens with zero attached hydrogens (tertiary/aromatic N) is 2. The van der Waals surface area contributed by atoms with E-state index in [0.29, 0.717) is 47.2 Å². The van der Waals surface area contributed by atoms with Gasteiger partial charge < -0.3 is 61.8 Å². The van der Waals surface area contributed by atoms with Crippen molar-refractivity contribution in [3.05, 3.63) is 34.2 Å². The van der Waals surface area contributed by atoms with Crippen LogP contribution < -0.4 is 41.9 Å². The molecule has 2 aliphatic rings. The molecule has 2 aliphatic heterocycles. The van der Waals surface area contributed by atoms with Crippen molar-refractivity contribution >= 4 is 0 Å². The minimum absolute atomic E-state index is 0.0122. The Kier molecular flexibility index (Phi) is 6.27. The number of unbranched alkanes of at least 4 members (excludes halogenated alkanes) is 1. The van der Waals surface area contributed by atoms with Crippen molar-refractivity contribution in [2.75, 3.05) is 26.4 Å². The Bertz CT molecular complexity index is 985. The summed E-state index contributed by atoms with van der Waals surface area (Å²) < 4.78 is 24.3. The minimum Gasteiger partial charge on any atom is -0.806 e. The largest absolute Gasteiger partial charge is 0.806 e. The van der Waals surface area contributed by atoms with Crippen molar-refractivity contribution < 1.29 is 18.9 Å². The van der Waals surface area contributed by atoms with E-state index in [1.807, 2.05) is 0 Å². The number of fused-ring (bicyclic) bond motifs is 2. The highest BCUT2D eigenvalue weighted by atomic mass is 16.6. The van der Waals surface area contributed by atoms with Crippen LogP contribution in [0.4, 0.5) is 0 Å². The maximum Gasteiger partial charge on any atom is 0.182 e. The van der Waals surface area contributed by atoms with Crippen molar-refractivity contribution in [1.82, 2.24) is 9.46 Å². The van der Waals surface area contributed by atoms with Crippen LogP contribution in [0, 0.1) is 10.4 Å². The van der Waals surface area contributed by atoms with Gasteiger partial charge in [0.05, 0.1) is 11.4 Å². The summed E-state index contributed by atoms with van der Waals surface area (Å²) >= 11 is 0. The zero-order valence-corrected chi connectivity index (χ0v) is 18.7. The summed E-state index contributed by atoms with van der Waals surface area (Å²) in [6.07, 6.45) is 6.06. The smallest absolute Gasteiger partial charge is 0.182 e. The topological polar surface area (TPSA) is 197 Å². The van der Waals surface area contributed by atoms with Crippen molar-refractivity contribution in [2.45, 2.75) is 56.3 Å². The average molecular weight is 465 g/mol. The van der Waals surface area contributed by atoms with Gasteiger partial charge in [0.2, 0.25) is 0 Å². The third-order valence-corrected chi connectivity index (χ3v) is 5.90. The average Bonchev–Trinajstić information content (AvgIpc) is 3.12. The third-order valence-electron chi connectivity index (χ3n) is 5.90. The highest BCUT2D eigenvalue weighted by Gasteiger charge is 2.32. The van der Waals surface area contributed by atoms with Crippen LogP contribution in [-0.2, 0) is 6.42 Å². The van der Waals surface area contributed by atoms with E-state index in [2.05, 4.69) is 6.92 Å². The Morgan fingerprint density at radius 2 is 1.39 bits per heavy atom. The van der Waals surface area contributed by atoms with E-state index in [-0.39, 0.29) is 32.3 Å². The van der Waals surface area contributed by atoms with Gasteiger partial charge >= 0.3 is 0 Å². The van der Waals surface area contributed by atoms with Gasteiger partial charge in [-0.05, 0) is 19.3 Å². The second kappa shape index (κ2) is 8.86. The van der Waals surface area contributed by atoms with Gasteiger partial charge in [0.15, 0.2) is 23.0 Å². The molecule has 1 unspecified atom stereocenters. The molecule has 0 amide bonds. The molecule has 0 fully saturated rings. The number of aromatic nitrogens is 2. The van der Waals surface area contributed by atoms with E-state index >= 15 is 0 Å². The quantitative estimate of drug-likeness (QED) is 0.422. The molecule has 0 spiro atoms. The van der Waals surface area contributed by atoms with Crippen LogP contribution in [-0.4, -0.2) is 47.2 Å². The van der Waals surface area contributed by atoms with Gasteiger partial charge in [-0.1, -0.05) is 19.8 Å². The van der Waals surface area contributed by atoms with E-state index in [1.165, 1.54) is 12.4 Å². The first-order chi connectivity index (χ1) is 15.6. The first-order valence-corrected chi connectivity index (χ1v) is 11.1. The summed E-state index contributed by atoms with van der Waals surface area (Å²) in [5.41, 5.74) is 22.3. The Balaban J connectivity index is 1.58. The molecule has 33 heavy (non-hydrogen) atoms. The molecule has 4 rings (SSSR count). The summed E-state index contributed by atoms with van der Waals surface area (Å²) in [6, 6.07) is 0. The summed E-state index contributed by atoms with van der Waals surface area (Å²) in [7, 11) is 0. The Hall–Kier alpha value is -2.80. The van der Waals surface area contributed by atoms with E-state index in [1.54, 1.807) is 0 Å². The molecule has 1 atom stereocenters. The zero-order chi connectivity index (χ0) is 23.8. The molecule has 0 bridgehead atoms. The van der Waals surface area contributed by atoms with Crippen LogP contribution in [0.25, 0.3) is 0 Å². The normalized spacial score (nSPS) is 19.5. The predicted octanol–water partition coefficient (Wildman–Crippen LogP) is 0.658. The van der Waals surface area contributed by atoms with Gasteiger partial charge in [-0.3, -0.25) is 0 Å². The molecule has 0 aromatic carbocycles. The van der Waals surface area contributed by atoms with Gasteiger partial charge in [-0.25, -0.2) is 0 Å². The fraction of sp³-hybridized carbons (Fsp3) is 0.619. The SMILES string of the molecule is CCCCC(CCc1c2c(cn1[O-])OCC(N)(N)CO2)c1c2c(cn1[O-])OCC(N)(N)CO2. The Morgan fingerprint density at radius 3 is 2.03 bits per heavy atom. The molecule has 0 saturated heterocycles. The first-order valence-electron chi connectivity index (χ1n) is 11.1. The lowest BCUT2D eigenvalue weighted by Crippen LogP contribution is -2.58. The molecule has 12 nitrogen and oxygen atoms in total. The number of hydrogen-bond acceptors (Lipinski definition) is 10. The number of nitrogens with two attached hydrogens (primary N) is 4. The molecule has 0 saturated carbocycles. The van der Waals surface area contributed by atoms with Crippen LogP contribution in [0.15, 0.2) is 12.4 Å². The summed E-state index contributed by atoms with van der Waals surface area (Å²) in [5.74, 6) is 1.13. The first kappa shape index (κ1) is 23.4. The number of rotatable bonds is 7. The standard InChI is InChI=1S/C21H32N6O6/c1-2-3-4-13(17-19-16(8-27(17)29)31-10-21(24,25)12-33-19)5-6-14-18-15(7-26(14)28)30-9-20(22,23)11-32-18/h7-8,13H,2-6,9-12,22-25H2,1H3/q-2. The Labute approximate surface area is 191 Å². The number of ether oxygens (including phenoxy) is 4. The second-order valence-electron chi connectivity index (χ2n) is 9.13. The molecule has 4 heterocycles. The van der Waals surface area contributed by atoms with E-state index in [0.717, 1.165) is 28.7 Å². The molecule has 2 aromatic rings. The summed E-state index contributed by atoms with van der Waals surface area (Å²) in [5, 5.41) is 25.4. The van der Waals surface area contributed by atoms with Gasteiger partial charge in [0.1, 0.15) is 37.8 Å². The van der Waals surface area contributed by atoms with E-state index in [4.69, 9.17) is 41.9 Å². The highest BCUT2D eigenvalue weighted by molar-refractivity contribution is 5.49. The van der Waals surface area contributed by atoms with Crippen LogP contribution in [0.1, 0.15) is 49.9 Å². The van der Waals surface area contributed by atoms with Gasteiger partial charge in [0.25, 0.3) is 0 Å². The molecular weight excluding hydrogens is 432 g/mol. The minimum atomic E-state index is -1.16. The van der Waals surface area contributed by atoms with Crippen LogP contribution >= 0.6 is 0 Å². The van der Waals surface area contributed by atoms with E-state index in [9.17, 15) is 10.4 Å². The van der Waals surface area contributed by atoms with Gasteiger partial charge in [-0.2, -0.15) is 0 Å². The second-order valence-corrected chi connectivity index (χ2v) is 9.13. The van der Waals surface area contributed by atoms with Crippen molar-refractivity contribution in [2.24, 2.45) is 22.9 Å². The molecule has 184 valence electrons. The maximum atomic E-state index is 12.8. The van der Waals surface area contributed by atoms with Crippen LogP contribution in [0.2, 0.25) is 0 Å². The zero-order valence-electron chi connectivity index (χ0n) is 18.7. The fourth-order valence-corrected chi connectivity index (χ4v) is 4.14. The Morgan fingerprint density at radius 1 is 0.848 bits per heavy atom. The lowest BCUT2D eigenvalue weighted by molar-refractivity contribution is 0.181. The van der Waals surface area contributed by atoms with Crippen LogP contribution in [0.5, 0.6) is 23.0 Å². The summed E-state index contributed by atoms with van der Waals surface area (Å²) in [6.45, 7) is 2.15. The molecule has 0 radical (unpaired) electrons. The predicted molar refractivity (Wildman–Crippen MR) is 121 cm³/mol. The van der Waals surface area contributed by atoms with Crippen molar-refractivity contribution in [1.29, 1.82) is 0 Å².